The molecule has 2 fully saturated rings. The van der Waals surface area contributed by atoms with Gasteiger partial charge in [0, 0.05) is 19.2 Å². The summed E-state index contributed by atoms with van der Waals surface area (Å²) in [5.41, 5.74) is 0. The van der Waals surface area contributed by atoms with Crippen LogP contribution in [0, 0.1) is 0 Å². The second kappa shape index (κ2) is 7.90. The average Bonchev–Trinajstić information content (AvgIpc) is 2.31. The summed E-state index contributed by atoms with van der Waals surface area (Å²) in [6.07, 6.45) is 6.33. The van der Waals surface area contributed by atoms with Crippen molar-refractivity contribution in [2.45, 2.75) is 50.7 Å². The van der Waals surface area contributed by atoms with Crippen molar-refractivity contribution in [3.63, 3.8) is 0 Å². The van der Waals surface area contributed by atoms with Crippen LogP contribution in [-0.4, -0.2) is 37.7 Å². The normalized spacial score (nSPS) is 29.2. The van der Waals surface area contributed by atoms with E-state index in [1.807, 2.05) is 0 Å². The molecule has 2 heterocycles. The Morgan fingerprint density at radius 3 is 2.82 bits per heavy atom. The Morgan fingerprint density at radius 1 is 1.29 bits per heavy atom. The molecular weight excluding hydrogens is 240 g/mol. The topological polar surface area (TPSA) is 50.4 Å². The van der Waals surface area contributed by atoms with Gasteiger partial charge in [-0.25, -0.2) is 0 Å². The first kappa shape index (κ1) is 14.7. The van der Waals surface area contributed by atoms with Crippen molar-refractivity contribution in [2.24, 2.45) is 0 Å². The molecule has 0 radical (unpaired) electrons. The zero-order chi connectivity index (χ0) is 11.2. The maximum absolute atomic E-state index is 11.8. The number of hydrogen-bond donors (Lipinski definition) is 2. The van der Waals surface area contributed by atoms with Crippen molar-refractivity contribution in [1.82, 2.24) is 10.6 Å². The summed E-state index contributed by atoms with van der Waals surface area (Å²) >= 11 is 0. The lowest BCUT2D eigenvalue weighted by molar-refractivity contribution is -0.125. The molecule has 0 spiro atoms. The molecule has 5 heteroatoms. The third-order valence-corrected chi connectivity index (χ3v) is 3.35. The zero-order valence-electron chi connectivity index (χ0n) is 10.2. The Morgan fingerprint density at radius 2 is 2.18 bits per heavy atom. The largest absolute Gasteiger partial charge is 0.378 e. The minimum Gasteiger partial charge on any atom is -0.378 e. The van der Waals surface area contributed by atoms with Gasteiger partial charge in [0.15, 0.2) is 0 Å². The predicted molar refractivity (Wildman–Crippen MR) is 69.5 cm³/mol. The zero-order valence-corrected chi connectivity index (χ0v) is 11.1. The Kier molecular flexibility index (Phi) is 6.85. The van der Waals surface area contributed by atoms with E-state index in [-0.39, 0.29) is 24.4 Å². The first-order valence-corrected chi connectivity index (χ1v) is 6.46. The summed E-state index contributed by atoms with van der Waals surface area (Å²) in [5.74, 6) is 0.153. The van der Waals surface area contributed by atoms with Crippen LogP contribution < -0.4 is 10.6 Å². The van der Waals surface area contributed by atoms with Crippen LogP contribution in [0.3, 0.4) is 0 Å². The van der Waals surface area contributed by atoms with Crippen LogP contribution in [0.4, 0.5) is 0 Å². The Hall–Kier alpha value is -0.320. The molecule has 2 unspecified atom stereocenters. The number of piperidine rings is 1. The van der Waals surface area contributed by atoms with Crippen molar-refractivity contribution >= 4 is 18.3 Å². The van der Waals surface area contributed by atoms with Gasteiger partial charge in [-0.3, -0.25) is 4.79 Å². The fourth-order valence-corrected chi connectivity index (χ4v) is 2.44. The summed E-state index contributed by atoms with van der Waals surface area (Å²) < 4.78 is 5.56. The van der Waals surface area contributed by atoms with Gasteiger partial charge in [-0.1, -0.05) is 0 Å². The highest BCUT2D eigenvalue weighted by Gasteiger charge is 2.20. The predicted octanol–water partition coefficient (Wildman–Crippen LogP) is 1.24. The lowest BCUT2D eigenvalue weighted by Gasteiger charge is -2.26. The number of nitrogens with one attached hydrogen (secondary N) is 2. The molecule has 0 bridgehead atoms. The molecule has 100 valence electrons. The average molecular weight is 263 g/mol. The SMILES string of the molecule is Cl.O=C(CC1CCCCO1)NC1CCCNC1. The highest BCUT2D eigenvalue weighted by atomic mass is 35.5. The van der Waals surface area contributed by atoms with Crippen molar-refractivity contribution in [2.75, 3.05) is 19.7 Å². The Balaban J connectivity index is 0.00000144. The first-order chi connectivity index (χ1) is 7.84. The molecule has 0 aliphatic carbocycles. The summed E-state index contributed by atoms with van der Waals surface area (Å²) in [5, 5.41) is 6.38. The summed E-state index contributed by atoms with van der Waals surface area (Å²) in [7, 11) is 0. The van der Waals surface area contributed by atoms with E-state index in [1.165, 1.54) is 6.42 Å². The van der Waals surface area contributed by atoms with E-state index in [0.29, 0.717) is 12.5 Å². The number of amides is 1. The second-order valence-electron chi connectivity index (χ2n) is 4.80. The number of hydrogen-bond acceptors (Lipinski definition) is 3. The Labute approximate surface area is 109 Å². The molecule has 2 saturated heterocycles. The van der Waals surface area contributed by atoms with Crippen molar-refractivity contribution < 1.29 is 9.53 Å². The third kappa shape index (κ3) is 5.23. The molecule has 0 aromatic heterocycles. The number of halogens is 1. The Bertz CT molecular complexity index is 205. The monoisotopic (exact) mass is 262 g/mol. The molecule has 4 nitrogen and oxygen atoms in total. The summed E-state index contributed by atoms with van der Waals surface area (Å²) in [6, 6.07) is 0.324. The minimum atomic E-state index is 0. The molecule has 1 amide bonds. The molecule has 2 aliphatic rings. The smallest absolute Gasteiger partial charge is 0.222 e. The maximum Gasteiger partial charge on any atom is 0.222 e. The van der Waals surface area contributed by atoms with Crippen LogP contribution >= 0.6 is 12.4 Å². The molecule has 2 N–H and O–H groups in total. The van der Waals surface area contributed by atoms with E-state index in [2.05, 4.69) is 10.6 Å². The molecule has 2 aliphatic heterocycles. The summed E-state index contributed by atoms with van der Waals surface area (Å²) in [6.45, 7) is 2.82. The lowest BCUT2D eigenvalue weighted by Crippen LogP contribution is -2.46. The van der Waals surface area contributed by atoms with E-state index in [4.69, 9.17) is 4.74 Å². The van der Waals surface area contributed by atoms with Gasteiger partial charge in [0.1, 0.15) is 0 Å². The molecule has 0 aromatic carbocycles. The molecule has 17 heavy (non-hydrogen) atoms. The van der Waals surface area contributed by atoms with Crippen molar-refractivity contribution in [3.8, 4) is 0 Å². The van der Waals surface area contributed by atoms with Crippen LogP contribution in [0.15, 0.2) is 0 Å². The van der Waals surface area contributed by atoms with Crippen LogP contribution in [0.5, 0.6) is 0 Å². The quantitative estimate of drug-likeness (QED) is 0.805. The fourth-order valence-electron chi connectivity index (χ4n) is 2.44. The van der Waals surface area contributed by atoms with Gasteiger partial charge < -0.3 is 15.4 Å². The number of rotatable bonds is 3. The van der Waals surface area contributed by atoms with E-state index < -0.39 is 0 Å². The number of carbonyl (C=O) groups excluding carboxylic acids is 1. The van der Waals surface area contributed by atoms with Gasteiger partial charge in [-0.15, -0.1) is 12.4 Å². The van der Waals surface area contributed by atoms with E-state index in [9.17, 15) is 4.79 Å². The molecular formula is C12H23ClN2O2. The molecule has 2 rings (SSSR count). The highest BCUT2D eigenvalue weighted by molar-refractivity contribution is 5.85. The third-order valence-electron chi connectivity index (χ3n) is 3.35. The van der Waals surface area contributed by atoms with Gasteiger partial charge in [0.2, 0.25) is 5.91 Å². The lowest BCUT2D eigenvalue weighted by atomic mass is 10.0. The van der Waals surface area contributed by atoms with Crippen molar-refractivity contribution in [3.05, 3.63) is 0 Å². The van der Waals surface area contributed by atoms with E-state index in [0.717, 1.165) is 45.4 Å². The molecule has 0 saturated carbocycles. The number of carbonyl (C=O) groups is 1. The van der Waals surface area contributed by atoms with Gasteiger partial charge in [0.25, 0.3) is 0 Å². The second-order valence-corrected chi connectivity index (χ2v) is 4.80. The van der Waals surface area contributed by atoms with Gasteiger partial charge in [-0.05, 0) is 38.6 Å². The number of ether oxygens (including phenoxy) is 1. The van der Waals surface area contributed by atoms with Crippen LogP contribution in [0.1, 0.15) is 38.5 Å². The van der Waals surface area contributed by atoms with Crippen LogP contribution in [-0.2, 0) is 9.53 Å². The van der Waals surface area contributed by atoms with Crippen molar-refractivity contribution in [1.29, 1.82) is 0 Å². The fraction of sp³-hybridized carbons (Fsp3) is 0.917. The maximum atomic E-state index is 11.8. The minimum absolute atomic E-state index is 0. The van der Waals surface area contributed by atoms with Crippen LogP contribution in [0.2, 0.25) is 0 Å². The van der Waals surface area contributed by atoms with Gasteiger partial charge >= 0.3 is 0 Å². The first-order valence-electron chi connectivity index (χ1n) is 6.46. The highest BCUT2D eigenvalue weighted by Crippen LogP contribution is 2.15. The van der Waals surface area contributed by atoms with Gasteiger partial charge in [0.05, 0.1) is 12.5 Å². The molecule has 2 atom stereocenters. The standard InChI is InChI=1S/C12H22N2O2.ClH/c15-12(8-11-5-1-2-7-16-11)14-10-4-3-6-13-9-10;/h10-11,13H,1-9H2,(H,14,15);1H. The van der Waals surface area contributed by atoms with E-state index in [1.54, 1.807) is 0 Å². The summed E-state index contributed by atoms with van der Waals surface area (Å²) in [4.78, 5) is 11.8. The molecule has 0 aromatic rings. The van der Waals surface area contributed by atoms with Gasteiger partial charge in [-0.2, -0.15) is 0 Å². The van der Waals surface area contributed by atoms with E-state index >= 15 is 0 Å². The van der Waals surface area contributed by atoms with Crippen LogP contribution in [0.25, 0.3) is 0 Å².